The van der Waals surface area contributed by atoms with Gasteiger partial charge in [-0.1, -0.05) is 116 Å². The third-order valence-electron chi connectivity index (χ3n) is 8.60. The van der Waals surface area contributed by atoms with Crippen molar-refractivity contribution >= 4 is 17.5 Å². The molecule has 1 fully saturated rings. The predicted octanol–water partition coefficient (Wildman–Crippen LogP) is 6.85. The molecule has 7 rings (SSSR count). The van der Waals surface area contributed by atoms with Crippen molar-refractivity contribution in [3.05, 3.63) is 118 Å². The van der Waals surface area contributed by atoms with Crippen LogP contribution in [-0.4, -0.2) is 19.2 Å². The van der Waals surface area contributed by atoms with Crippen molar-refractivity contribution < 1.29 is 0 Å². The highest BCUT2D eigenvalue weighted by Gasteiger charge is 2.44. The van der Waals surface area contributed by atoms with Gasteiger partial charge in [-0.25, -0.2) is 0 Å². The van der Waals surface area contributed by atoms with Gasteiger partial charge in [-0.15, -0.1) is 10.2 Å². The van der Waals surface area contributed by atoms with Gasteiger partial charge in [0.05, 0.1) is 5.69 Å². The third kappa shape index (κ3) is 4.31. The lowest BCUT2D eigenvalue weighted by atomic mass is 9.62. The number of hydrogen-bond donors (Lipinski definition) is 0. The van der Waals surface area contributed by atoms with Crippen LogP contribution in [0, 0.1) is 0 Å². The average molecular weight is 533 g/mol. The van der Waals surface area contributed by atoms with Crippen molar-refractivity contribution in [1.29, 1.82) is 0 Å². The summed E-state index contributed by atoms with van der Waals surface area (Å²) >= 11 is 1.70. The molecular formula is C33H32N4OS. The molecule has 5 nitrogen and oxygen atoms in total. The van der Waals surface area contributed by atoms with Gasteiger partial charge in [-0.05, 0) is 42.4 Å². The number of aromatic nitrogens is 4. The van der Waals surface area contributed by atoms with E-state index in [1.54, 1.807) is 11.8 Å². The molecule has 196 valence electrons. The number of aryl methyl sites for hydroxylation is 2. The Labute approximate surface area is 232 Å². The van der Waals surface area contributed by atoms with Crippen LogP contribution < -0.4 is 5.56 Å². The van der Waals surface area contributed by atoms with Gasteiger partial charge in [-0.3, -0.25) is 13.8 Å². The number of benzene rings is 3. The molecule has 0 N–H and O–H groups in total. The molecule has 0 radical (unpaired) electrons. The normalized spacial score (nSPS) is 15.8. The Kier molecular flexibility index (Phi) is 6.36. The van der Waals surface area contributed by atoms with E-state index in [-0.39, 0.29) is 11.0 Å². The maximum atomic E-state index is 14.6. The number of fused-ring (bicyclic) bond motifs is 6. The smallest absolute Gasteiger partial charge is 0.259 e. The van der Waals surface area contributed by atoms with Gasteiger partial charge in [0.15, 0.2) is 5.16 Å². The lowest BCUT2D eigenvalue weighted by Gasteiger charge is -2.42. The standard InChI is InChI=1S/C33H32N4OS/c38-30-28-29(27-17-9-8-16-26(27)22-33(28)19-10-3-11-20-33)37-31(36(30)21-18-24-12-4-1-5-13-24)34-35-32(37)39-23-25-14-6-2-7-15-25/h1-2,4-9,12-17H,3,10-11,18-23H2. The summed E-state index contributed by atoms with van der Waals surface area (Å²) in [6.45, 7) is 0.582. The van der Waals surface area contributed by atoms with Crippen molar-refractivity contribution in [1.82, 2.24) is 19.2 Å². The Morgan fingerprint density at radius 3 is 2.26 bits per heavy atom. The van der Waals surface area contributed by atoms with Gasteiger partial charge < -0.3 is 0 Å². The van der Waals surface area contributed by atoms with Crippen LogP contribution in [-0.2, 0) is 30.6 Å². The zero-order valence-electron chi connectivity index (χ0n) is 22.1. The number of nitrogens with zero attached hydrogens (tertiary/aromatic N) is 4. The van der Waals surface area contributed by atoms with E-state index in [0.717, 1.165) is 53.4 Å². The molecule has 1 spiro atoms. The van der Waals surface area contributed by atoms with Gasteiger partial charge >= 0.3 is 0 Å². The van der Waals surface area contributed by atoms with Crippen LogP contribution >= 0.6 is 11.8 Å². The summed E-state index contributed by atoms with van der Waals surface area (Å²) in [5, 5.41) is 10.2. The molecule has 2 heterocycles. The van der Waals surface area contributed by atoms with E-state index in [1.165, 1.54) is 36.0 Å². The minimum atomic E-state index is -0.132. The van der Waals surface area contributed by atoms with Crippen molar-refractivity contribution in [2.75, 3.05) is 0 Å². The third-order valence-corrected chi connectivity index (χ3v) is 9.60. The molecule has 0 atom stereocenters. The Morgan fingerprint density at radius 1 is 0.795 bits per heavy atom. The SMILES string of the molecule is O=c1c2c(n3c(SCc4ccccc4)nnc3n1CCc1ccccc1)-c1ccccc1CC21CCCCC1. The molecule has 2 aliphatic carbocycles. The van der Waals surface area contributed by atoms with Gasteiger partial charge in [0.25, 0.3) is 5.56 Å². The fraction of sp³-hybridized carbons (Fsp3) is 0.303. The van der Waals surface area contributed by atoms with E-state index < -0.39 is 0 Å². The minimum Gasteiger partial charge on any atom is -0.276 e. The summed E-state index contributed by atoms with van der Waals surface area (Å²) < 4.78 is 4.12. The molecular weight excluding hydrogens is 500 g/mol. The second kappa shape index (κ2) is 10.2. The van der Waals surface area contributed by atoms with Gasteiger partial charge in [0, 0.05) is 28.8 Å². The first-order valence-electron chi connectivity index (χ1n) is 14.0. The van der Waals surface area contributed by atoms with E-state index >= 15 is 0 Å². The first-order chi connectivity index (χ1) is 19.2. The predicted molar refractivity (Wildman–Crippen MR) is 157 cm³/mol. The van der Waals surface area contributed by atoms with E-state index in [2.05, 4.69) is 82.3 Å². The summed E-state index contributed by atoms with van der Waals surface area (Å²) in [5.41, 5.74) is 6.96. The van der Waals surface area contributed by atoms with Crippen molar-refractivity contribution in [2.24, 2.45) is 0 Å². The van der Waals surface area contributed by atoms with Crippen molar-refractivity contribution in [3.63, 3.8) is 0 Å². The molecule has 0 saturated heterocycles. The Balaban J connectivity index is 1.45. The quantitative estimate of drug-likeness (QED) is 0.224. The van der Waals surface area contributed by atoms with Crippen molar-refractivity contribution in [2.45, 2.75) is 67.8 Å². The molecule has 6 heteroatoms. The summed E-state index contributed by atoms with van der Waals surface area (Å²) in [5.74, 6) is 1.44. The molecule has 39 heavy (non-hydrogen) atoms. The summed E-state index contributed by atoms with van der Waals surface area (Å²) in [6, 6.07) is 29.6. The van der Waals surface area contributed by atoms with Gasteiger partial charge in [0.2, 0.25) is 5.78 Å². The van der Waals surface area contributed by atoms with E-state index in [1.807, 2.05) is 16.7 Å². The molecule has 0 aliphatic heterocycles. The number of thioether (sulfide) groups is 1. The summed E-state index contributed by atoms with van der Waals surface area (Å²) in [6.07, 6.45) is 7.41. The maximum Gasteiger partial charge on any atom is 0.259 e. The number of hydrogen-bond acceptors (Lipinski definition) is 4. The molecule has 1 saturated carbocycles. The average Bonchev–Trinajstić information content (AvgIpc) is 3.41. The highest BCUT2D eigenvalue weighted by atomic mass is 32.2. The Bertz CT molecular complexity index is 1680. The molecule has 0 unspecified atom stereocenters. The summed E-state index contributed by atoms with van der Waals surface area (Å²) in [4.78, 5) is 14.6. The fourth-order valence-corrected chi connectivity index (χ4v) is 7.61. The molecule has 3 aromatic carbocycles. The Morgan fingerprint density at radius 2 is 1.49 bits per heavy atom. The highest BCUT2D eigenvalue weighted by Crippen LogP contribution is 2.49. The lowest BCUT2D eigenvalue weighted by Crippen LogP contribution is -2.43. The molecule has 2 aliphatic rings. The van der Waals surface area contributed by atoms with Gasteiger partial charge in [-0.2, -0.15) is 0 Å². The first-order valence-corrected chi connectivity index (χ1v) is 15.0. The van der Waals surface area contributed by atoms with Crippen LogP contribution in [0.4, 0.5) is 0 Å². The molecule has 5 aromatic rings. The largest absolute Gasteiger partial charge is 0.276 e. The van der Waals surface area contributed by atoms with E-state index in [9.17, 15) is 4.79 Å². The van der Waals surface area contributed by atoms with Crippen LogP contribution in [0.1, 0.15) is 54.4 Å². The van der Waals surface area contributed by atoms with E-state index in [4.69, 9.17) is 5.10 Å². The van der Waals surface area contributed by atoms with Gasteiger partial charge in [0.1, 0.15) is 0 Å². The second-order valence-corrected chi connectivity index (χ2v) is 11.9. The van der Waals surface area contributed by atoms with Crippen LogP contribution in [0.2, 0.25) is 0 Å². The second-order valence-electron chi connectivity index (χ2n) is 11.0. The molecule has 0 bridgehead atoms. The maximum absolute atomic E-state index is 14.6. The number of rotatable bonds is 6. The zero-order chi connectivity index (χ0) is 26.2. The summed E-state index contributed by atoms with van der Waals surface area (Å²) in [7, 11) is 0. The van der Waals surface area contributed by atoms with Crippen LogP contribution in [0.15, 0.2) is 94.9 Å². The molecule has 0 amide bonds. The first kappa shape index (κ1) is 24.4. The van der Waals surface area contributed by atoms with E-state index in [0.29, 0.717) is 12.3 Å². The van der Waals surface area contributed by atoms with Crippen molar-refractivity contribution in [3.8, 4) is 11.3 Å². The topological polar surface area (TPSA) is 52.2 Å². The monoisotopic (exact) mass is 532 g/mol. The van der Waals surface area contributed by atoms with Crippen LogP contribution in [0.25, 0.3) is 17.0 Å². The highest BCUT2D eigenvalue weighted by molar-refractivity contribution is 7.98. The van der Waals surface area contributed by atoms with Crippen LogP contribution in [0.3, 0.4) is 0 Å². The Hall–Kier alpha value is -3.64. The molecule has 2 aromatic heterocycles. The minimum absolute atomic E-state index is 0.122. The lowest BCUT2D eigenvalue weighted by molar-refractivity contribution is 0.283. The van der Waals surface area contributed by atoms with Crippen LogP contribution in [0.5, 0.6) is 0 Å². The zero-order valence-corrected chi connectivity index (χ0v) is 22.9. The fourth-order valence-electron chi connectivity index (χ4n) is 6.72.